The van der Waals surface area contributed by atoms with Crippen LogP contribution < -0.4 is 0 Å². The van der Waals surface area contributed by atoms with E-state index in [0.717, 1.165) is 22.3 Å². The minimum absolute atomic E-state index is 0.659. The molecule has 5 aromatic rings. The van der Waals surface area contributed by atoms with Gasteiger partial charge in [0.25, 0.3) is 0 Å². The highest BCUT2D eigenvalue weighted by atomic mass is 15.6. The summed E-state index contributed by atoms with van der Waals surface area (Å²) in [7, 11) is 0. The highest BCUT2D eigenvalue weighted by Crippen LogP contribution is 2.41. The van der Waals surface area contributed by atoms with Crippen LogP contribution in [0.5, 0.6) is 0 Å². The summed E-state index contributed by atoms with van der Waals surface area (Å²) in [5, 5.41) is 13.0. The molecule has 1 heterocycles. The first-order valence-corrected chi connectivity index (χ1v) is 9.83. The van der Waals surface area contributed by atoms with Gasteiger partial charge in [0.05, 0.1) is 0 Å². The Labute approximate surface area is 175 Å². The second kappa shape index (κ2) is 7.76. The molecule has 0 N–H and O–H groups in total. The maximum atomic E-state index is 4.53. The van der Waals surface area contributed by atoms with E-state index in [1.807, 2.05) is 47.1 Å². The van der Waals surface area contributed by atoms with Crippen LogP contribution in [0, 0.1) is 6.07 Å². The molecular weight excluding hydrogens is 368 g/mol. The lowest BCUT2D eigenvalue weighted by Gasteiger charge is -2.36. The lowest BCUT2D eigenvalue weighted by Crippen LogP contribution is -2.39. The van der Waals surface area contributed by atoms with E-state index >= 15 is 0 Å². The van der Waals surface area contributed by atoms with Gasteiger partial charge in [-0.05, 0) is 33.2 Å². The van der Waals surface area contributed by atoms with Gasteiger partial charge in [-0.2, -0.15) is 0 Å². The minimum atomic E-state index is -0.744. The fraction of sp³-hybridized carbons (Fsp3) is 0.0385. The van der Waals surface area contributed by atoms with Crippen molar-refractivity contribution in [3.63, 3.8) is 0 Å². The van der Waals surface area contributed by atoms with E-state index in [-0.39, 0.29) is 0 Å². The van der Waals surface area contributed by atoms with Crippen LogP contribution in [0.1, 0.15) is 16.7 Å². The van der Waals surface area contributed by atoms with Crippen LogP contribution in [0.3, 0.4) is 0 Å². The molecule has 0 bridgehead atoms. The van der Waals surface area contributed by atoms with Gasteiger partial charge in [0.2, 0.25) is 0 Å². The van der Waals surface area contributed by atoms with Crippen LogP contribution in [-0.2, 0) is 5.54 Å². The maximum Gasteiger partial charge on any atom is 0.184 e. The Morgan fingerprint density at radius 3 is 1.57 bits per heavy atom. The fourth-order valence-electron chi connectivity index (χ4n) is 4.02. The highest BCUT2D eigenvalue weighted by Gasteiger charge is 2.41. The molecular formula is C26H19N4. The monoisotopic (exact) mass is 387 g/mol. The minimum Gasteiger partial charge on any atom is -0.205 e. The van der Waals surface area contributed by atoms with Crippen molar-refractivity contribution in [2.24, 2.45) is 0 Å². The molecule has 4 aromatic carbocycles. The summed E-state index contributed by atoms with van der Waals surface area (Å²) in [6.07, 6.45) is 0. The first-order valence-electron chi connectivity index (χ1n) is 9.83. The van der Waals surface area contributed by atoms with Crippen LogP contribution in [-0.4, -0.2) is 20.2 Å². The lowest BCUT2D eigenvalue weighted by atomic mass is 9.77. The van der Waals surface area contributed by atoms with Crippen molar-refractivity contribution < 1.29 is 0 Å². The standard InChI is InChI=1S/C26H19N4/c1-5-13-21(14-6-1)25-27-28-29-30(25)26(22-15-7-2-8-16-22,23-17-9-3-10-18-23)24-19-11-4-12-20-24/h1-13,15-20H. The molecule has 0 spiro atoms. The Bertz CT molecular complexity index is 1120. The summed E-state index contributed by atoms with van der Waals surface area (Å²) in [6.45, 7) is 0. The molecule has 143 valence electrons. The first-order chi connectivity index (χ1) is 14.9. The number of hydrogen-bond donors (Lipinski definition) is 0. The zero-order valence-electron chi connectivity index (χ0n) is 16.3. The highest BCUT2D eigenvalue weighted by molar-refractivity contribution is 5.58. The van der Waals surface area contributed by atoms with Gasteiger partial charge in [-0.1, -0.05) is 115 Å². The molecule has 30 heavy (non-hydrogen) atoms. The molecule has 0 unspecified atom stereocenters. The third-order valence-electron chi connectivity index (χ3n) is 5.31. The largest absolute Gasteiger partial charge is 0.205 e. The number of tetrazole rings is 1. The van der Waals surface area contributed by atoms with Crippen molar-refractivity contribution in [1.82, 2.24) is 20.2 Å². The number of nitrogens with zero attached hydrogens (tertiary/aromatic N) is 4. The Kier molecular flexibility index (Phi) is 4.66. The van der Waals surface area contributed by atoms with Crippen molar-refractivity contribution in [3.05, 3.63) is 138 Å². The second-order valence-electron chi connectivity index (χ2n) is 7.00. The predicted octanol–water partition coefficient (Wildman–Crippen LogP) is 4.98. The lowest BCUT2D eigenvalue weighted by molar-refractivity contribution is 0.451. The molecule has 4 heteroatoms. The molecule has 0 amide bonds. The number of aromatic nitrogens is 4. The molecule has 0 aliphatic carbocycles. The fourth-order valence-corrected chi connectivity index (χ4v) is 4.02. The van der Waals surface area contributed by atoms with Crippen LogP contribution in [0.2, 0.25) is 0 Å². The maximum absolute atomic E-state index is 4.53. The van der Waals surface area contributed by atoms with Crippen LogP contribution in [0.25, 0.3) is 11.4 Å². The second-order valence-corrected chi connectivity index (χ2v) is 7.00. The zero-order chi connectivity index (χ0) is 20.2. The molecule has 1 radical (unpaired) electrons. The van der Waals surface area contributed by atoms with Crippen LogP contribution in [0.4, 0.5) is 0 Å². The van der Waals surface area contributed by atoms with E-state index in [4.69, 9.17) is 0 Å². The molecule has 5 rings (SSSR count). The summed E-state index contributed by atoms with van der Waals surface area (Å²) in [5.41, 5.74) is 3.33. The number of hydrogen-bond acceptors (Lipinski definition) is 3. The van der Waals surface area contributed by atoms with E-state index in [9.17, 15) is 0 Å². The van der Waals surface area contributed by atoms with E-state index in [1.54, 1.807) is 0 Å². The SMILES string of the molecule is [c]1ccccc1-c1nnnn1C(c1ccccc1)(c1ccccc1)c1ccccc1. The average Bonchev–Trinajstić information content (AvgIpc) is 3.33. The normalized spacial score (nSPS) is 11.3. The van der Waals surface area contributed by atoms with Crippen molar-refractivity contribution in [2.75, 3.05) is 0 Å². The summed E-state index contributed by atoms with van der Waals surface area (Å²) < 4.78 is 1.92. The molecule has 4 nitrogen and oxygen atoms in total. The third-order valence-corrected chi connectivity index (χ3v) is 5.31. The van der Waals surface area contributed by atoms with Gasteiger partial charge in [-0.25, -0.2) is 4.68 Å². The van der Waals surface area contributed by atoms with Gasteiger partial charge < -0.3 is 0 Å². The number of rotatable bonds is 5. The van der Waals surface area contributed by atoms with Crippen molar-refractivity contribution in [2.45, 2.75) is 5.54 Å². The zero-order valence-corrected chi connectivity index (χ0v) is 16.3. The van der Waals surface area contributed by atoms with Gasteiger partial charge in [-0.3, -0.25) is 0 Å². The quantitative estimate of drug-likeness (QED) is 0.400. The topological polar surface area (TPSA) is 43.6 Å². The summed E-state index contributed by atoms with van der Waals surface area (Å²) in [4.78, 5) is 0. The Morgan fingerprint density at radius 1 is 0.600 bits per heavy atom. The van der Waals surface area contributed by atoms with Gasteiger partial charge in [0.15, 0.2) is 5.82 Å². The van der Waals surface area contributed by atoms with E-state index in [0.29, 0.717) is 5.82 Å². The summed E-state index contributed by atoms with van der Waals surface area (Å²) in [5.74, 6) is 0.659. The molecule has 1 aromatic heterocycles. The van der Waals surface area contributed by atoms with E-state index in [1.165, 1.54) is 0 Å². The van der Waals surface area contributed by atoms with Crippen molar-refractivity contribution >= 4 is 0 Å². The van der Waals surface area contributed by atoms with Crippen molar-refractivity contribution in [1.29, 1.82) is 0 Å². The smallest absolute Gasteiger partial charge is 0.184 e. The van der Waals surface area contributed by atoms with Gasteiger partial charge in [0, 0.05) is 5.56 Å². The first kappa shape index (κ1) is 18.0. The van der Waals surface area contributed by atoms with Crippen molar-refractivity contribution in [3.8, 4) is 11.4 Å². The Balaban J connectivity index is 1.91. The molecule has 0 saturated carbocycles. The number of benzene rings is 4. The molecule has 0 atom stereocenters. The molecule has 0 fully saturated rings. The Hall–Kier alpha value is -4.05. The van der Waals surface area contributed by atoms with E-state index < -0.39 is 5.54 Å². The van der Waals surface area contributed by atoms with Crippen LogP contribution >= 0.6 is 0 Å². The van der Waals surface area contributed by atoms with Crippen LogP contribution in [0.15, 0.2) is 115 Å². The Morgan fingerprint density at radius 2 is 1.10 bits per heavy atom. The molecule has 0 aliphatic rings. The summed E-state index contributed by atoms with van der Waals surface area (Å²) in [6, 6.07) is 42.2. The predicted molar refractivity (Wildman–Crippen MR) is 117 cm³/mol. The van der Waals surface area contributed by atoms with Gasteiger partial charge in [-0.15, -0.1) is 5.10 Å². The van der Waals surface area contributed by atoms with E-state index in [2.05, 4.69) is 94.4 Å². The van der Waals surface area contributed by atoms with Gasteiger partial charge in [0.1, 0.15) is 5.54 Å². The average molecular weight is 387 g/mol. The van der Waals surface area contributed by atoms with Gasteiger partial charge >= 0.3 is 0 Å². The third kappa shape index (κ3) is 2.90. The summed E-state index contributed by atoms with van der Waals surface area (Å²) >= 11 is 0. The molecule has 0 aliphatic heterocycles. The molecule has 0 saturated heterocycles.